The topological polar surface area (TPSA) is 90.6 Å². The van der Waals surface area contributed by atoms with Gasteiger partial charge in [-0.25, -0.2) is 9.50 Å². The van der Waals surface area contributed by atoms with Crippen molar-refractivity contribution in [3.05, 3.63) is 78.0 Å². The number of carbonyl (C=O) groups is 1. The fourth-order valence-electron chi connectivity index (χ4n) is 3.67. The average molecular weight is 415 g/mol. The molecule has 31 heavy (non-hydrogen) atoms. The molecule has 0 atom stereocenters. The minimum absolute atomic E-state index is 0.305. The van der Waals surface area contributed by atoms with Crippen LogP contribution in [-0.4, -0.2) is 31.1 Å². The molecule has 0 unspecified atom stereocenters. The number of amides is 1. The van der Waals surface area contributed by atoms with Crippen molar-refractivity contribution in [1.82, 2.24) is 19.6 Å². The Kier molecular flexibility index (Phi) is 4.54. The summed E-state index contributed by atoms with van der Waals surface area (Å²) in [6, 6.07) is 9.29. The lowest BCUT2D eigenvalue weighted by molar-refractivity contribution is 0.102. The summed E-state index contributed by atoms with van der Waals surface area (Å²) in [4.78, 5) is 21.3. The number of nitrogens with one attached hydrogen (secondary N) is 1. The maximum atomic E-state index is 13.0. The Labute approximate surface area is 178 Å². The number of rotatable bonds is 5. The number of benzene rings is 1. The molecule has 8 nitrogen and oxygen atoms in total. The number of hydrogen-bond acceptors (Lipinski definition) is 6. The van der Waals surface area contributed by atoms with Gasteiger partial charge in [-0.3, -0.25) is 9.78 Å². The van der Waals surface area contributed by atoms with Crippen LogP contribution in [0.4, 0.5) is 5.69 Å². The Morgan fingerprint density at radius 2 is 2.10 bits per heavy atom. The monoisotopic (exact) mass is 415 g/mol. The van der Waals surface area contributed by atoms with Gasteiger partial charge in [0.05, 0.1) is 11.9 Å². The minimum Gasteiger partial charge on any atom is -0.487 e. The Bertz CT molecular complexity index is 1270. The molecule has 5 rings (SSSR count). The highest BCUT2D eigenvalue weighted by Gasteiger charge is 2.31. The molecule has 1 N–H and O–H groups in total. The summed E-state index contributed by atoms with van der Waals surface area (Å²) in [5.74, 6) is 0.997. The van der Waals surface area contributed by atoms with Crippen LogP contribution in [0.1, 0.15) is 35.3 Å². The van der Waals surface area contributed by atoms with Crippen LogP contribution in [0.25, 0.3) is 5.65 Å². The van der Waals surface area contributed by atoms with E-state index in [1.807, 2.05) is 38.1 Å². The molecule has 1 aromatic carbocycles. The van der Waals surface area contributed by atoms with Gasteiger partial charge in [-0.2, -0.15) is 5.10 Å². The molecular formula is C23H21N5O3. The van der Waals surface area contributed by atoms with Gasteiger partial charge in [-0.1, -0.05) is 0 Å². The molecule has 1 aliphatic rings. The van der Waals surface area contributed by atoms with Crippen molar-refractivity contribution in [3.8, 4) is 11.5 Å². The molecule has 1 amide bonds. The first kappa shape index (κ1) is 19.0. The third-order valence-electron chi connectivity index (χ3n) is 5.08. The van der Waals surface area contributed by atoms with Crippen LogP contribution >= 0.6 is 0 Å². The first-order valence-corrected chi connectivity index (χ1v) is 9.96. The van der Waals surface area contributed by atoms with Gasteiger partial charge in [-0.05, 0) is 43.7 Å². The molecule has 4 aromatic rings. The SMILES string of the molecule is CC1(C)Cc2cc(NC(=O)c3cnn4cccnc34)c(OCc3ccncc3)cc2O1. The average Bonchev–Trinajstić information content (AvgIpc) is 3.32. The smallest absolute Gasteiger partial charge is 0.261 e. The second-order valence-corrected chi connectivity index (χ2v) is 8.04. The number of nitrogens with zero attached hydrogens (tertiary/aromatic N) is 4. The Morgan fingerprint density at radius 3 is 2.94 bits per heavy atom. The van der Waals surface area contributed by atoms with Crippen molar-refractivity contribution in [2.45, 2.75) is 32.5 Å². The maximum absolute atomic E-state index is 13.0. The van der Waals surface area contributed by atoms with Gasteiger partial charge in [0.15, 0.2) is 5.65 Å². The molecule has 156 valence electrons. The minimum atomic E-state index is -0.306. The Hall–Kier alpha value is -3.94. The zero-order valence-corrected chi connectivity index (χ0v) is 17.2. The van der Waals surface area contributed by atoms with Crippen LogP contribution < -0.4 is 14.8 Å². The fourth-order valence-corrected chi connectivity index (χ4v) is 3.67. The van der Waals surface area contributed by atoms with Gasteiger partial charge in [0.25, 0.3) is 5.91 Å². The van der Waals surface area contributed by atoms with Gasteiger partial charge in [0.2, 0.25) is 0 Å². The molecule has 0 saturated heterocycles. The number of pyridine rings is 1. The maximum Gasteiger partial charge on any atom is 0.261 e. The number of aromatic nitrogens is 4. The molecule has 0 bridgehead atoms. The lowest BCUT2D eigenvalue weighted by atomic mass is 10.0. The highest BCUT2D eigenvalue weighted by molar-refractivity contribution is 6.08. The lowest BCUT2D eigenvalue weighted by Gasteiger charge is -2.17. The predicted octanol–water partition coefficient (Wildman–Crippen LogP) is 3.67. The van der Waals surface area contributed by atoms with E-state index in [1.165, 1.54) is 6.20 Å². The second-order valence-electron chi connectivity index (χ2n) is 8.04. The molecule has 0 saturated carbocycles. The molecule has 0 fully saturated rings. The Morgan fingerprint density at radius 1 is 1.26 bits per heavy atom. The number of hydrogen-bond donors (Lipinski definition) is 1. The summed E-state index contributed by atoms with van der Waals surface area (Å²) in [7, 11) is 0. The Balaban J connectivity index is 1.46. The van der Waals surface area contributed by atoms with E-state index in [1.54, 1.807) is 35.4 Å². The largest absolute Gasteiger partial charge is 0.487 e. The molecule has 4 heterocycles. The van der Waals surface area contributed by atoms with Gasteiger partial charge in [-0.15, -0.1) is 0 Å². The molecule has 0 aliphatic carbocycles. The molecule has 8 heteroatoms. The quantitative estimate of drug-likeness (QED) is 0.535. The molecule has 0 spiro atoms. The third-order valence-corrected chi connectivity index (χ3v) is 5.08. The highest BCUT2D eigenvalue weighted by atomic mass is 16.5. The van der Waals surface area contributed by atoms with E-state index in [-0.39, 0.29) is 11.5 Å². The highest BCUT2D eigenvalue weighted by Crippen LogP contribution is 2.41. The van der Waals surface area contributed by atoms with Crippen LogP contribution in [-0.2, 0) is 13.0 Å². The van der Waals surface area contributed by atoms with Crippen molar-refractivity contribution < 1.29 is 14.3 Å². The number of carbonyl (C=O) groups excluding carboxylic acids is 1. The number of ether oxygens (including phenoxy) is 2. The van der Waals surface area contributed by atoms with Crippen LogP contribution in [0.5, 0.6) is 11.5 Å². The standard InChI is InChI=1S/C23H21N5O3/c1-23(2)12-16-10-18(27-22(29)17-13-26-28-9-3-6-25-21(17)28)20(11-19(16)31-23)30-14-15-4-7-24-8-5-15/h3-11,13H,12,14H2,1-2H3,(H,27,29). The first-order chi connectivity index (χ1) is 15.0. The van der Waals surface area contributed by atoms with Crippen LogP contribution in [0.3, 0.4) is 0 Å². The normalized spacial score (nSPS) is 14.1. The second kappa shape index (κ2) is 7.39. The van der Waals surface area contributed by atoms with E-state index in [9.17, 15) is 4.79 Å². The van der Waals surface area contributed by atoms with E-state index in [4.69, 9.17) is 9.47 Å². The summed E-state index contributed by atoms with van der Waals surface area (Å²) in [6.45, 7) is 4.41. The third kappa shape index (κ3) is 3.79. The lowest BCUT2D eigenvalue weighted by Crippen LogP contribution is -2.24. The zero-order valence-electron chi connectivity index (χ0n) is 17.2. The van der Waals surface area contributed by atoms with E-state index >= 15 is 0 Å². The summed E-state index contributed by atoms with van der Waals surface area (Å²) in [6.07, 6.45) is 9.06. The van der Waals surface area contributed by atoms with Crippen LogP contribution in [0, 0.1) is 0 Å². The van der Waals surface area contributed by atoms with Crippen molar-refractivity contribution in [2.75, 3.05) is 5.32 Å². The van der Waals surface area contributed by atoms with Crippen LogP contribution in [0.15, 0.2) is 61.3 Å². The van der Waals surface area contributed by atoms with Crippen molar-refractivity contribution in [2.24, 2.45) is 0 Å². The van der Waals surface area contributed by atoms with E-state index in [0.717, 1.165) is 23.3 Å². The first-order valence-electron chi connectivity index (χ1n) is 9.96. The summed E-state index contributed by atoms with van der Waals surface area (Å²) >= 11 is 0. The fraction of sp³-hybridized carbons (Fsp3) is 0.217. The van der Waals surface area contributed by atoms with E-state index in [2.05, 4.69) is 20.4 Å². The van der Waals surface area contributed by atoms with Gasteiger partial charge in [0.1, 0.15) is 29.3 Å². The molecular weight excluding hydrogens is 394 g/mol. The molecule has 1 aliphatic heterocycles. The van der Waals surface area contributed by atoms with Gasteiger partial charge < -0.3 is 14.8 Å². The zero-order chi connectivity index (χ0) is 21.4. The van der Waals surface area contributed by atoms with E-state index in [0.29, 0.717) is 29.3 Å². The summed E-state index contributed by atoms with van der Waals surface area (Å²) in [5, 5.41) is 7.17. The molecule has 0 radical (unpaired) electrons. The van der Waals surface area contributed by atoms with Crippen molar-refractivity contribution in [1.29, 1.82) is 0 Å². The van der Waals surface area contributed by atoms with Crippen molar-refractivity contribution in [3.63, 3.8) is 0 Å². The molecule has 3 aromatic heterocycles. The predicted molar refractivity (Wildman–Crippen MR) is 114 cm³/mol. The van der Waals surface area contributed by atoms with Gasteiger partial charge in [0, 0.05) is 42.8 Å². The summed E-state index contributed by atoms with van der Waals surface area (Å²) < 4.78 is 13.7. The van der Waals surface area contributed by atoms with Gasteiger partial charge >= 0.3 is 0 Å². The van der Waals surface area contributed by atoms with Crippen LogP contribution in [0.2, 0.25) is 0 Å². The number of anilines is 1. The summed E-state index contributed by atoms with van der Waals surface area (Å²) in [5.41, 5.74) is 3.15. The van der Waals surface area contributed by atoms with E-state index < -0.39 is 0 Å². The van der Waals surface area contributed by atoms with Crippen molar-refractivity contribution >= 4 is 17.2 Å². The number of fused-ring (bicyclic) bond motifs is 2.